The number of anilines is 1. The SMILES string of the molecule is c1cncc(Oc2ccc(NCc3cc4ccccc4[nH]3)cc2)c1. The molecule has 24 heavy (non-hydrogen) atoms. The molecule has 2 aromatic carbocycles. The van der Waals surface area contributed by atoms with Gasteiger partial charge in [-0.2, -0.15) is 0 Å². The van der Waals surface area contributed by atoms with Crippen molar-refractivity contribution in [3.63, 3.8) is 0 Å². The van der Waals surface area contributed by atoms with Gasteiger partial charge in [-0.25, -0.2) is 0 Å². The molecule has 0 radical (unpaired) electrons. The van der Waals surface area contributed by atoms with Gasteiger partial charge in [0.25, 0.3) is 0 Å². The molecule has 0 saturated carbocycles. The van der Waals surface area contributed by atoms with Gasteiger partial charge in [-0.1, -0.05) is 18.2 Å². The maximum Gasteiger partial charge on any atom is 0.145 e. The van der Waals surface area contributed by atoms with E-state index in [1.54, 1.807) is 12.4 Å². The first kappa shape index (κ1) is 14.3. The van der Waals surface area contributed by atoms with Gasteiger partial charge in [-0.3, -0.25) is 4.98 Å². The van der Waals surface area contributed by atoms with Gasteiger partial charge < -0.3 is 15.0 Å². The number of ether oxygens (including phenoxy) is 1. The van der Waals surface area contributed by atoms with Crippen molar-refractivity contribution in [3.8, 4) is 11.5 Å². The van der Waals surface area contributed by atoms with Crippen LogP contribution >= 0.6 is 0 Å². The molecule has 0 atom stereocenters. The highest BCUT2D eigenvalue weighted by Crippen LogP contribution is 2.22. The maximum atomic E-state index is 5.74. The van der Waals surface area contributed by atoms with E-state index in [1.807, 2.05) is 48.5 Å². The van der Waals surface area contributed by atoms with Crippen molar-refractivity contribution in [2.45, 2.75) is 6.54 Å². The first-order valence-electron chi connectivity index (χ1n) is 7.85. The number of hydrogen-bond acceptors (Lipinski definition) is 3. The van der Waals surface area contributed by atoms with E-state index in [-0.39, 0.29) is 0 Å². The molecule has 4 heteroatoms. The Morgan fingerprint density at radius 1 is 0.917 bits per heavy atom. The van der Waals surface area contributed by atoms with Crippen molar-refractivity contribution in [2.75, 3.05) is 5.32 Å². The van der Waals surface area contributed by atoms with E-state index in [1.165, 1.54) is 5.39 Å². The zero-order valence-electron chi connectivity index (χ0n) is 13.1. The maximum absolute atomic E-state index is 5.74. The molecule has 0 bridgehead atoms. The molecule has 0 aliphatic carbocycles. The minimum absolute atomic E-state index is 0.733. The quantitative estimate of drug-likeness (QED) is 0.547. The van der Waals surface area contributed by atoms with Crippen LogP contribution in [0.3, 0.4) is 0 Å². The summed E-state index contributed by atoms with van der Waals surface area (Å²) in [7, 11) is 0. The van der Waals surface area contributed by atoms with Crippen LogP contribution in [0.2, 0.25) is 0 Å². The number of fused-ring (bicyclic) bond motifs is 1. The molecular weight excluding hydrogens is 298 g/mol. The lowest BCUT2D eigenvalue weighted by Crippen LogP contribution is -1.99. The van der Waals surface area contributed by atoms with Gasteiger partial charge >= 0.3 is 0 Å². The van der Waals surface area contributed by atoms with Gasteiger partial charge in [0, 0.05) is 23.1 Å². The topological polar surface area (TPSA) is 49.9 Å². The first-order valence-corrected chi connectivity index (χ1v) is 7.85. The Bertz CT molecular complexity index is 897. The van der Waals surface area contributed by atoms with Gasteiger partial charge in [-0.15, -0.1) is 0 Å². The number of aromatic amines is 1. The second-order valence-corrected chi connectivity index (χ2v) is 5.55. The summed E-state index contributed by atoms with van der Waals surface area (Å²) in [4.78, 5) is 7.45. The zero-order chi connectivity index (χ0) is 16.2. The number of benzene rings is 2. The number of hydrogen-bond donors (Lipinski definition) is 2. The number of nitrogens with zero attached hydrogens (tertiary/aromatic N) is 1. The number of para-hydroxylation sites is 1. The fourth-order valence-corrected chi connectivity index (χ4v) is 2.61. The molecule has 2 heterocycles. The molecular formula is C20H17N3O. The number of H-pyrrole nitrogens is 1. The van der Waals surface area contributed by atoms with Crippen molar-refractivity contribution in [1.29, 1.82) is 0 Å². The smallest absolute Gasteiger partial charge is 0.145 e. The highest BCUT2D eigenvalue weighted by molar-refractivity contribution is 5.80. The Kier molecular flexibility index (Phi) is 3.86. The van der Waals surface area contributed by atoms with Crippen molar-refractivity contribution in [2.24, 2.45) is 0 Å². The summed E-state index contributed by atoms with van der Waals surface area (Å²) in [5.41, 5.74) is 3.37. The molecule has 4 rings (SSSR count). The van der Waals surface area contributed by atoms with Crippen LogP contribution in [0.1, 0.15) is 5.69 Å². The fourth-order valence-electron chi connectivity index (χ4n) is 2.61. The van der Waals surface area contributed by atoms with E-state index in [4.69, 9.17) is 4.74 Å². The van der Waals surface area contributed by atoms with Gasteiger partial charge in [0.1, 0.15) is 11.5 Å². The van der Waals surface area contributed by atoms with E-state index >= 15 is 0 Å². The number of nitrogens with one attached hydrogen (secondary N) is 2. The minimum Gasteiger partial charge on any atom is -0.456 e. The molecule has 2 aromatic heterocycles. The predicted octanol–water partition coefficient (Wildman–Crippen LogP) is 4.97. The van der Waals surface area contributed by atoms with Crippen LogP contribution in [0, 0.1) is 0 Å². The van der Waals surface area contributed by atoms with Crippen molar-refractivity contribution in [3.05, 3.63) is 84.8 Å². The number of rotatable bonds is 5. The molecule has 0 spiro atoms. The van der Waals surface area contributed by atoms with E-state index in [0.717, 1.165) is 34.9 Å². The summed E-state index contributed by atoms with van der Waals surface area (Å²) in [5.74, 6) is 1.52. The van der Waals surface area contributed by atoms with Crippen LogP contribution < -0.4 is 10.1 Å². The van der Waals surface area contributed by atoms with Crippen molar-refractivity contribution < 1.29 is 4.74 Å². The summed E-state index contributed by atoms with van der Waals surface area (Å²) in [6, 6.07) is 22.1. The zero-order valence-corrected chi connectivity index (χ0v) is 13.1. The Morgan fingerprint density at radius 2 is 1.79 bits per heavy atom. The minimum atomic E-state index is 0.733. The third-order valence-corrected chi connectivity index (χ3v) is 3.79. The average Bonchev–Trinajstić information content (AvgIpc) is 3.05. The summed E-state index contributed by atoms with van der Waals surface area (Å²) >= 11 is 0. The van der Waals surface area contributed by atoms with Crippen molar-refractivity contribution >= 4 is 16.6 Å². The molecule has 0 amide bonds. The monoisotopic (exact) mass is 315 g/mol. The van der Waals surface area contributed by atoms with Crippen LogP contribution in [0.15, 0.2) is 79.1 Å². The molecule has 4 aromatic rings. The van der Waals surface area contributed by atoms with Crippen LogP contribution in [-0.2, 0) is 6.54 Å². The standard InChI is InChI=1S/C20H17N3O/c1-2-6-20-15(4-1)12-17(23-20)13-22-16-7-9-18(10-8-16)24-19-5-3-11-21-14-19/h1-12,14,22-23H,13H2. The molecule has 118 valence electrons. The average molecular weight is 315 g/mol. The molecule has 0 unspecified atom stereocenters. The third-order valence-electron chi connectivity index (χ3n) is 3.79. The fraction of sp³-hybridized carbons (Fsp3) is 0.0500. The summed E-state index contributed by atoms with van der Waals surface area (Å²) in [6.07, 6.45) is 3.42. The van der Waals surface area contributed by atoms with Crippen LogP contribution in [0.5, 0.6) is 11.5 Å². The van der Waals surface area contributed by atoms with Gasteiger partial charge in [0.15, 0.2) is 0 Å². The Hall–Kier alpha value is -3.27. The predicted molar refractivity (Wildman–Crippen MR) is 96.4 cm³/mol. The van der Waals surface area contributed by atoms with Crippen molar-refractivity contribution in [1.82, 2.24) is 9.97 Å². The Morgan fingerprint density at radius 3 is 2.58 bits per heavy atom. The third kappa shape index (κ3) is 3.22. The molecule has 0 saturated heterocycles. The lowest BCUT2D eigenvalue weighted by Gasteiger charge is -2.08. The number of aromatic nitrogens is 2. The van der Waals surface area contributed by atoms with Gasteiger partial charge in [-0.05, 0) is 53.9 Å². The lowest BCUT2D eigenvalue weighted by atomic mass is 10.2. The van der Waals surface area contributed by atoms with E-state index in [0.29, 0.717) is 0 Å². The first-order chi connectivity index (χ1) is 11.9. The molecule has 0 fully saturated rings. The Balaban J connectivity index is 1.40. The summed E-state index contributed by atoms with van der Waals surface area (Å²) in [6.45, 7) is 0.748. The largest absolute Gasteiger partial charge is 0.456 e. The second-order valence-electron chi connectivity index (χ2n) is 5.55. The second kappa shape index (κ2) is 6.46. The highest BCUT2D eigenvalue weighted by Gasteiger charge is 2.01. The molecule has 4 nitrogen and oxygen atoms in total. The van der Waals surface area contributed by atoms with E-state index < -0.39 is 0 Å². The van der Waals surface area contributed by atoms with E-state index in [9.17, 15) is 0 Å². The molecule has 0 aliphatic rings. The summed E-state index contributed by atoms with van der Waals surface area (Å²) in [5, 5.41) is 4.64. The summed E-state index contributed by atoms with van der Waals surface area (Å²) < 4.78 is 5.74. The van der Waals surface area contributed by atoms with Crippen LogP contribution in [-0.4, -0.2) is 9.97 Å². The van der Waals surface area contributed by atoms with Crippen LogP contribution in [0.25, 0.3) is 10.9 Å². The van der Waals surface area contributed by atoms with E-state index in [2.05, 4.69) is 33.5 Å². The normalized spacial score (nSPS) is 10.7. The number of pyridine rings is 1. The Labute approximate surface area is 140 Å². The van der Waals surface area contributed by atoms with Gasteiger partial charge in [0.05, 0.1) is 12.7 Å². The molecule has 2 N–H and O–H groups in total. The molecule has 0 aliphatic heterocycles. The van der Waals surface area contributed by atoms with Crippen LogP contribution in [0.4, 0.5) is 5.69 Å². The lowest BCUT2D eigenvalue weighted by molar-refractivity contribution is 0.480. The van der Waals surface area contributed by atoms with Gasteiger partial charge in [0.2, 0.25) is 0 Å². The highest BCUT2D eigenvalue weighted by atomic mass is 16.5.